The summed E-state index contributed by atoms with van der Waals surface area (Å²) in [7, 11) is 0. The van der Waals surface area contributed by atoms with Gasteiger partial charge in [-0.25, -0.2) is 0 Å². The second-order valence-corrected chi connectivity index (χ2v) is 5.89. The van der Waals surface area contributed by atoms with E-state index < -0.39 is 5.54 Å². The first kappa shape index (κ1) is 17.4. The highest BCUT2D eigenvalue weighted by Crippen LogP contribution is 2.11. The van der Waals surface area contributed by atoms with Crippen LogP contribution in [0.2, 0.25) is 0 Å². The monoisotopic (exact) mass is 258 g/mol. The lowest BCUT2D eigenvalue weighted by atomic mass is 9.96. The van der Waals surface area contributed by atoms with Crippen LogP contribution in [0.4, 0.5) is 0 Å². The van der Waals surface area contributed by atoms with Gasteiger partial charge in [0, 0.05) is 19.3 Å². The van der Waals surface area contributed by atoms with Crippen LogP contribution in [0.1, 0.15) is 53.9 Å². The Morgan fingerprint density at radius 1 is 1.28 bits per heavy atom. The van der Waals surface area contributed by atoms with Gasteiger partial charge < -0.3 is 15.8 Å². The molecular weight excluding hydrogens is 228 g/mol. The molecule has 0 saturated heterocycles. The third-order valence-corrected chi connectivity index (χ3v) is 2.97. The lowest BCUT2D eigenvalue weighted by molar-refractivity contribution is -0.124. The third-order valence-electron chi connectivity index (χ3n) is 2.97. The number of rotatable bonds is 10. The van der Waals surface area contributed by atoms with Gasteiger partial charge in [-0.2, -0.15) is 0 Å². The number of hydrogen-bond donors (Lipinski definition) is 2. The summed E-state index contributed by atoms with van der Waals surface area (Å²) in [6.07, 6.45) is 2.86. The van der Waals surface area contributed by atoms with Crippen molar-refractivity contribution in [1.82, 2.24) is 5.32 Å². The van der Waals surface area contributed by atoms with E-state index in [2.05, 4.69) is 19.2 Å². The molecule has 3 N–H and O–H groups in total. The molecule has 0 spiro atoms. The Hall–Kier alpha value is -0.610. The molecule has 0 aromatic heterocycles. The molecule has 1 unspecified atom stereocenters. The second kappa shape index (κ2) is 8.48. The van der Waals surface area contributed by atoms with Crippen molar-refractivity contribution < 1.29 is 9.53 Å². The number of amides is 1. The molecule has 0 saturated carbocycles. The van der Waals surface area contributed by atoms with E-state index in [0.717, 1.165) is 13.0 Å². The maximum atomic E-state index is 11.5. The number of hydrogen-bond acceptors (Lipinski definition) is 3. The fourth-order valence-electron chi connectivity index (χ4n) is 1.88. The standard InChI is InChI=1S/C14H30N2O2/c1-11(2)7-6-9-18-10-8-14(5,13(15)17)16-12(3)4/h11-12,16H,6-10H2,1-5H3,(H2,15,17). The van der Waals surface area contributed by atoms with Crippen LogP contribution >= 0.6 is 0 Å². The Kier molecular flexibility index (Phi) is 8.20. The van der Waals surface area contributed by atoms with Crippen LogP contribution < -0.4 is 11.1 Å². The Morgan fingerprint density at radius 3 is 2.33 bits per heavy atom. The van der Waals surface area contributed by atoms with E-state index in [-0.39, 0.29) is 11.9 Å². The molecule has 0 aliphatic heterocycles. The van der Waals surface area contributed by atoms with Crippen LogP contribution in [0.5, 0.6) is 0 Å². The van der Waals surface area contributed by atoms with Crippen LogP contribution in [-0.2, 0) is 9.53 Å². The maximum Gasteiger partial charge on any atom is 0.237 e. The highest BCUT2D eigenvalue weighted by atomic mass is 16.5. The van der Waals surface area contributed by atoms with Crippen molar-refractivity contribution in [3.05, 3.63) is 0 Å². The molecule has 4 nitrogen and oxygen atoms in total. The van der Waals surface area contributed by atoms with Crippen molar-refractivity contribution in [2.75, 3.05) is 13.2 Å². The van der Waals surface area contributed by atoms with E-state index in [0.29, 0.717) is 18.9 Å². The molecule has 108 valence electrons. The van der Waals surface area contributed by atoms with E-state index in [1.54, 1.807) is 0 Å². The molecule has 0 radical (unpaired) electrons. The van der Waals surface area contributed by atoms with E-state index in [9.17, 15) is 4.79 Å². The number of ether oxygens (including phenoxy) is 1. The maximum absolute atomic E-state index is 11.5. The smallest absolute Gasteiger partial charge is 0.237 e. The zero-order valence-corrected chi connectivity index (χ0v) is 12.6. The summed E-state index contributed by atoms with van der Waals surface area (Å²) >= 11 is 0. The molecule has 0 aliphatic rings. The Morgan fingerprint density at radius 2 is 1.89 bits per heavy atom. The first-order chi connectivity index (χ1) is 8.28. The van der Waals surface area contributed by atoms with Gasteiger partial charge in [-0.1, -0.05) is 13.8 Å². The Labute approximate surface area is 112 Å². The molecule has 0 fully saturated rings. The summed E-state index contributed by atoms with van der Waals surface area (Å²) in [5.74, 6) is 0.397. The molecule has 0 rings (SSSR count). The van der Waals surface area contributed by atoms with Crippen molar-refractivity contribution in [3.63, 3.8) is 0 Å². The third kappa shape index (κ3) is 7.67. The summed E-state index contributed by atoms with van der Waals surface area (Å²) in [4.78, 5) is 11.5. The first-order valence-corrected chi connectivity index (χ1v) is 6.93. The zero-order chi connectivity index (χ0) is 14.2. The van der Waals surface area contributed by atoms with E-state index in [1.807, 2.05) is 20.8 Å². The molecule has 0 aromatic rings. The lowest BCUT2D eigenvalue weighted by Crippen LogP contribution is -2.56. The molecule has 1 amide bonds. The van der Waals surface area contributed by atoms with E-state index in [4.69, 9.17) is 10.5 Å². The summed E-state index contributed by atoms with van der Waals surface area (Å²) in [6, 6.07) is 0.225. The van der Waals surface area contributed by atoms with Gasteiger partial charge in [0.15, 0.2) is 0 Å². The van der Waals surface area contributed by atoms with E-state index >= 15 is 0 Å². The molecule has 0 bridgehead atoms. The molecule has 0 heterocycles. The van der Waals surface area contributed by atoms with Crippen molar-refractivity contribution in [2.24, 2.45) is 11.7 Å². The normalized spacial score (nSPS) is 15.1. The fourth-order valence-corrected chi connectivity index (χ4v) is 1.88. The van der Waals surface area contributed by atoms with Gasteiger partial charge in [0.2, 0.25) is 5.91 Å². The second-order valence-electron chi connectivity index (χ2n) is 5.89. The van der Waals surface area contributed by atoms with E-state index in [1.165, 1.54) is 6.42 Å². The molecule has 18 heavy (non-hydrogen) atoms. The van der Waals surface area contributed by atoms with Gasteiger partial charge in [-0.15, -0.1) is 0 Å². The molecule has 0 aromatic carbocycles. The predicted octanol–water partition coefficient (Wildman–Crippen LogP) is 2.07. The van der Waals surface area contributed by atoms with Crippen molar-refractivity contribution in [3.8, 4) is 0 Å². The van der Waals surface area contributed by atoms with Gasteiger partial charge in [-0.05, 0) is 46.0 Å². The minimum Gasteiger partial charge on any atom is -0.381 e. The molecule has 1 atom stereocenters. The van der Waals surface area contributed by atoms with Crippen molar-refractivity contribution in [2.45, 2.75) is 65.5 Å². The van der Waals surface area contributed by atoms with Gasteiger partial charge in [0.05, 0.1) is 5.54 Å². The minimum atomic E-state index is -0.674. The largest absolute Gasteiger partial charge is 0.381 e. The van der Waals surface area contributed by atoms with Gasteiger partial charge in [0.25, 0.3) is 0 Å². The fraction of sp³-hybridized carbons (Fsp3) is 0.929. The van der Waals surface area contributed by atoms with Crippen LogP contribution in [0.3, 0.4) is 0 Å². The topological polar surface area (TPSA) is 64.3 Å². The Balaban J connectivity index is 3.88. The molecular formula is C14H30N2O2. The van der Waals surface area contributed by atoms with Crippen molar-refractivity contribution in [1.29, 1.82) is 0 Å². The lowest BCUT2D eigenvalue weighted by Gasteiger charge is -2.29. The average Bonchev–Trinajstić information content (AvgIpc) is 2.21. The quantitative estimate of drug-likeness (QED) is 0.590. The number of carbonyl (C=O) groups is 1. The van der Waals surface area contributed by atoms with Gasteiger partial charge in [0.1, 0.15) is 0 Å². The summed E-state index contributed by atoms with van der Waals surface area (Å²) in [6.45, 7) is 11.6. The molecule has 0 aliphatic carbocycles. The minimum absolute atomic E-state index is 0.225. The number of nitrogens with one attached hydrogen (secondary N) is 1. The summed E-state index contributed by atoms with van der Waals surface area (Å²) in [5.41, 5.74) is 4.77. The highest BCUT2D eigenvalue weighted by molar-refractivity contribution is 5.84. The summed E-state index contributed by atoms with van der Waals surface area (Å²) < 4.78 is 5.56. The van der Waals surface area contributed by atoms with Crippen LogP contribution in [0.15, 0.2) is 0 Å². The number of nitrogens with two attached hydrogens (primary N) is 1. The SMILES string of the molecule is CC(C)CCCOCCC(C)(NC(C)C)C(N)=O. The molecule has 4 heteroatoms. The predicted molar refractivity (Wildman–Crippen MR) is 75.4 cm³/mol. The average molecular weight is 258 g/mol. The summed E-state index contributed by atoms with van der Waals surface area (Å²) in [5, 5.41) is 3.21. The van der Waals surface area contributed by atoms with Crippen molar-refractivity contribution >= 4 is 5.91 Å². The highest BCUT2D eigenvalue weighted by Gasteiger charge is 2.30. The number of carbonyl (C=O) groups excluding carboxylic acids is 1. The number of primary amides is 1. The van der Waals surface area contributed by atoms with Gasteiger partial charge in [-0.3, -0.25) is 4.79 Å². The zero-order valence-electron chi connectivity index (χ0n) is 12.6. The Bertz CT molecular complexity index is 242. The van der Waals surface area contributed by atoms with Crippen LogP contribution in [0, 0.1) is 5.92 Å². The van der Waals surface area contributed by atoms with Gasteiger partial charge >= 0.3 is 0 Å². The van der Waals surface area contributed by atoms with Crippen LogP contribution in [-0.4, -0.2) is 30.7 Å². The van der Waals surface area contributed by atoms with Crippen LogP contribution in [0.25, 0.3) is 0 Å². The first-order valence-electron chi connectivity index (χ1n) is 6.93.